The average molecular weight is 297 g/mol. The van der Waals surface area contributed by atoms with Crippen LogP contribution in [0.5, 0.6) is 0 Å². The van der Waals surface area contributed by atoms with Crippen LogP contribution in [0.1, 0.15) is 53.4 Å². The lowest BCUT2D eigenvalue weighted by Gasteiger charge is -2.46. The van der Waals surface area contributed by atoms with E-state index in [0.29, 0.717) is 6.42 Å². The van der Waals surface area contributed by atoms with Gasteiger partial charge < -0.3 is 5.11 Å². The van der Waals surface area contributed by atoms with E-state index in [1.165, 1.54) is 11.1 Å². The largest absolute Gasteiger partial charge is 0.377 e. The van der Waals surface area contributed by atoms with Crippen LogP contribution in [0.3, 0.4) is 0 Å². The molecule has 0 aromatic heterocycles. The standard InChI is InChI=1S/C20H25O2/c1-12(2)16-10-14-8-7-13(3)15-6-5-9-18(4)11-19(16,22)17(21)20(14,15)18/h7-8,10,12,22H,5-6,9,11H2,1-4H3/q+1. The van der Waals surface area contributed by atoms with Gasteiger partial charge in [-0.3, -0.25) is 4.79 Å². The SMILES string of the molecule is CC1=C2CCCC3(C)CC4(O)C(=O)C23C(=C[CH+]1)C=C4C(C)C. The number of allylic oxidation sites excluding steroid dienone is 5. The molecule has 2 nitrogen and oxygen atoms in total. The van der Waals surface area contributed by atoms with Crippen LogP contribution < -0.4 is 0 Å². The third-order valence-corrected chi connectivity index (χ3v) is 6.71. The molecule has 2 bridgehead atoms. The Morgan fingerprint density at radius 3 is 2.77 bits per heavy atom. The quantitative estimate of drug-likeness (QED) is 0.745. The fourth-order valence-electron chi connectivity index (χ4n) is 5.89. The molecule has 116 valence electrons. The molecule has 0 amide bonds. The van der Waals surface area contributed by atoms with Crippen molar-refractivity contribution in [1.29, 1.82) is 0 Å². The van der Waals surface area contributed by atoms with Crippen LogP contribution in [-0.4, -0.2) is 16.5 Å². The Morgan fingerprint density at radius 2 is 2.09 bits per heavy atom. The van der Waals surface area contributed by atoms with Gasteiger partial charge in [0.05, 0.1) is 17.2 Å². The Morgan fingerprint density at radius 1 is 1.36 bits per heavy atom. The lowest BCUT2D eigenvalue weighted by Crippen LogP contribution is -2.52. The fraction of sp³-hybridized carbons (Fsp3) is 0.600. The van der Waals surface area contributed by atoms with E-state index in [0.717, 1.165) is 30.4 Å². The number of hydrogen-bond donors (Lipinski definition) is 1. The molecule has 2 saturated carbocycles. The van der Waals surface area contributed by atoms with E-state index in [-0.39, 0.29) is 17.1 Å². The first-order valence-electron chi connectivity index (χ1n) is 8.52. The van der Waals surface area contributed by atoms with Gasteiger partial charge in [0, 0.05) is 29.9 Å². The third kappa shape index (κ3) is 1.28. The molecular weight excluding hydrogens is 272 g/mol. The van der Waals surface area contributed by atoms with Crippen LogP contribution in [0.4, 0.5) is 0 Å². The van der Waals surface area contributed by atoms with Gasteiger partial charge in [-0.2, -0.15) is 0 Å². The first kappa shape index (κ1) is 14.3. The summed E-state index contributed by atoms with van der Waals surface area (Å²) in [5.41, 5.74) is 2.59. The van der Waals surface area contributed by atoms with Crippen LogP contribution >= 0.6 is 0 Å². The van der Waals surface area contributed by atoms with Crippen molar-refractivity contribution in [3.8, 4) is 0 Å². The van der Waals surface area contributed by atoms with Gasteiger partial charge in [0.2, 0.25) is 5.78 Å². The second-order valence-corrected chi connectivity index (χ2v) is 8.24. The molecule has 22 heavy (non-hydrogen) atoms. The number of ketones is 1. The van der Waals surface area contributed by atoms with E-state index in [4.69, 9.17) is 0 Å². The summed E-state index contributed by atoms with van der Waals surface area (Å²) in [5.74, 6) is 0.244. The lowest BCUT2D eigenvalue weighted by atomic mass is 9.50. The van der Waals surface area contributed by atoms with Gasteiger partial charge in [-0.1, -0.05) is 20.8 Å². The second-order valence-electron chi connectivity index (χ2n) is 8.24. The van der Waals surface area contributed by atoms with Crippen LogP contribution in [0.25, 0.3) is 0 Å². The molecule has 0 aliphatic heterocycles. The van der Waals surface area contributed by atoms with Crippen LogP contribution in [-0.2, 0) is 4.79 Å². The van der Waals surface area contributed by atoms with E-state index < -0.39 is 11.0 Å². The molecule has 0 radical (unpaired) electrons. The number of Topliss-reactive ketones (excluding diaryl/α,β-unsaturated/α-hetero) is 1. The molecular formula is C20H25O2+. The van der Waals surface area contributed by atoms with Gasteiger partial charge >= 0.3 is 0 Å². The Bertz CT molecular complexity index is 678. The zero-order valence-corrected chi connectivity index (χ0v) is 14.0. The molecule has 0 heterocycles. The molecule has 4 aliphatic rings. The van der Waals surface area contributed by atoms with Crippen molar-refractivity contribution < 1.29 is 9.90 Å². The van der Waals surface area contributed by atoms with Crippen LogP contribution in [0.15, 0.2) is 34.4 Å². The number of rotatable bonds is 1. The molecule has 0 aromatic rings. The Kier molecular flexibility index (Phi) is 2.58. The first-order valence-corrected chi connectivity index (χ1v) is 8.52. The topological polar surface area (TPSA) is 37.3 Å². The zero-order chi connectivity index (χ0) is 15.9. The van der Waals surface area contributed by atoms with E-state index in [1.807, 2.05) is 0 Å². The van der Waals surface area contributed by atoms with Gasteiger partial charge in [-0.15, -0.1) is 0 Å². The number of fused-ring (bicyclic) bond motifs is 1. The van der Waals surface area contributed by atoms with Gasteiger partial charge in [0.25, 0.3) is 0 Å². The van der Waals surface area contributed by atoms with Gasteiger partial charge in [0.1, 0.15) is 5.60 Å². The summed E-state index contributed by atoms with van der Waals surface area (Å²) in [5, 5.41) is 11.4. The number of aliphatic hydroxyl groups is 1. The highest BCUT2D eigenvalue weighted by Gasteiger charge is 2.78. The van der Waals surface area contributed by atoms with Crippen molar-refractivity contribution in [1.82, 2.24) is 0 Å². The van der Waals surface area contributed by atoms with E-state index in [2.05, 4.69) is 46.3 Å². The molecule has 2 fully saturated rings. The Balaban J connectivity index is 2.07. The molecule has 4 rings (SSSR count). The minimum absolute atomic E-state index is 0.0575. The van der Waals surface area contributed by atoms with Gasteiger partial charge in [-0.25, -0.2) is 0 Å². The smallest absolute Gasteiger partial charge is 0.209 e. The van der Waals surface area contributed by atoms with Crippen molar-refractivity contribution in [3.05, 3.63) is 40.9 Å². The highest BCUT2D eigenvalue weighted by molar-refractivity contribution is 6.06. The maximum absolute atomic E-state index is 13.6. The number of carbonyl (C=O) groups is 1. The average Bonchev–Trinajstić information content (AvgIpc) is 2.56. The van der Waals surface area contributed by atoms with Crippen molar-refractivity contribution in [2.24, 2.45) is 16.7 Å². The zero-order valence-electron chi connectivity index (χ0n) is 14.0. The summed E-state index contributed by atoms with van der Waals surface area (Å²) in [6, 6.07) is 0. The lowest BCUT2D eigenvalue weighted by molar-refractivity contribution is -0.137. The monoisotopic (exact) mass is 297 g/mol. The Labute approximate surface area is 133 Å². The minimum atomic E-state index is -1.26. The summed E-state index contributed by atoms with van der Waals surface area (Å²) in [7, 11) is 0. The summed E-state index contributed by atoms with van der Waals surface area (Å²) in [6.07, 6.45) is 10.1. The van der Waals surface area contributed by atoms with Gasteiger partial charge in [0.15, 0.2) is 5.41 Å². The molecule has 2 heteroatoms. The normalized spacial score (nSPS) is 42.9. The maximum Gasteiger partial charge on any atom is 0.209 e. The predicted octanol–water partition coefficient (Wildman–Crippen LogP) is 3.92. The van der Waals surface area contributed by atoms with Gasteiger partial charge in [-0.05, 0) is 37.7 Å². The van der Waals surface area contributed by atoms with Crippen molar-refractivity contribution in [3.63, 3.8) is 0 Å². The fourth-order valence-corrected chi connectivity index (χ4v) is 5.89. The molecule has 1 N–H and O–H groups in total. The van der Waals surface area contributed by atoms with Crippen molar-refractivity contribution >= 4 is 5.78 Å². The summed E-state index contributed by atoms with van der Waals surface area (Å²) < 4.78 is 0. The molecule has 4 aliphatic carbocycles. The Hall–Kier alpha value is -1.28. The minimum Gasteiger partial charge on any atom is -0.377 e. The van der Waals surface area contributed by atoms with Crippen molar-refractivity contribution in [2.75, 3.05) is 0 Å². The molecule has 3 atom stereocenters. The second kappa shape index (κ2) is 3.97. The maximum atomic E-state index is 13.6. The summed E-state index contributed by atoms with van der Waals surface area (Å²) in [4.78, 5) is 13.6. The van der Waals surface area contributed by atoms with Crippen LogP contribution in [0.2, 0.25) is 0 Å². The first-order chi connectivity index (χ1) is 10.3. The molecule has 3 unspecified atom stereocenters. The third-order valence-electron chi connectivity index (χ3n) is 6.71. The molecule has 0 aromatic carbocycles. The summed E-state index contributed by atoms with van der Waals surface area (Å²) >= 11 is 0. The van der Waals surface area contributed by atoms with E-state index >= 15 is 0 Å². The van der Waals surface area contributed by atoms with E-state index in [9.17, 15) is 9.90 Å². The number of carbonyl (C=O) groups excluding carboxylic acids is 1. The van der Waals surface area contributed by atoms with Crippen molar-refractivity contribution in [2.45, 2.75) is 59.0 Å². The highest BCUT2D eigenvalue weighted by atomic mass is 16.3. The molecule has 0 saturated heterocycles. The van der Waals surface area contributed by atoms with Crippen LogP contribution in [0, 0.1) is 23.2 Å². The summed E-state index contributed by atoms with van der Waals surface area (Å²) in [6.45, 7) is 8.50. The molecule has 1 spiro atoms. The highest BCUT2D eigenvalue weighted by Crippen LogP contribution is 2.71. The predicted molar refractivity (Wildman–Crippen MR) is 87.0 cm³/mol. The number of hydrogen-bond acceptors (Lipinski definition) is 2. The van der Waals surface area contributed by atoms with E-state index in [1.54, 1.807) is 0 Å².